The number of aliphatic hydroxyl groups is 1. The average Bonchev–Trinajstić information content (AvgIpc) is 2.99. The molecule has 14 nitrogen and oxygen atoms in total. The predicted octanol–water partition coefficient (Wildman–Crippen LogP) is 0.512. The number of carboxylic acid groups (broad SMARTS) is 1. The van der Waals surface area contributed by atoms with Gasteiger partial charge < -0.3 is 25.4 Å². The molecule has 36 heavy (non-hydrogen) atoms. The molecular weight excluding hydrogens is 513 g/mol. The molecule has 0 aromatic carbocycles. The third kappa shape index (κ3) is 7.51. The van der Waals surface area contributed by atoms with Crippen molar-refractivity contribution in [2.75, 3.05) is 25.6 Å². The van der Waals surface area contributed by atoms with Gasteiger partial charge in [-0.05, 0) is 25.3 Å². The first-order chi connectivity index (χ1) is 16.7. The first-order valence-electron chi connectivity index (χ1n) is 10.8. The number of carbonyl (C=O) groups is 2. The molecule has 1 aliphatic rings. The number of hydrogen-bond donors (Lipinski definition) is 4. The van der Waals surface area contributed by atoms with Crippen LogP contribution in [0.2, 0.25) is 0 Å². The van der Waals surface area contributed by atoms with Gasteiger partial charge in [0.2, 0.25) is 6.23 Å². The van der Waals surface area contributed by atoms with Crippen LogP contribution in [0.15, 0.2) is 17.1 Å². The van der Waals surface area contributed by atoms with Crippen LogP contribution >= 0.6 is 7.75 Å². The molecule has 0 spiro atoms. The van der Waals surface area contributed by atoms with Gasteiger partial charge in [-0.2, -0.15) is 13.8 Å². The van der Waals surface area contributed by atoms with Crippen LogP contribution in [0.1, 0.15) is 33.4 Å². The second-order valence-electron chi connectivity index (χ2n) is 8.21. The van der Waals surface area contributed by atoms with Gasteiger partial charge in [-0.25, -0.2) is 19.2 Å². The van der Waals surface area contributed by atoms with Crippen molar-refractivity contribution in [1.82, 2.24) is 14.6 Å². The number of esters is 1. The molecule has 204 valence electrons. The third-order valence-electron chi connectivity index (χ3n) is 4.87. The van der Waals surface area contributed by atoms with Gasteiger partial charge in [0.05, 0.1) is 13.2 Å². The zero-order chi connectivity index (χ0) is 27.3. The molecule has 0 amide bonds. The molecule has 2 heterocycles. The fourth-order valence-corrected chi connectivity index (χ4v) is 4.64. The lowest BCUT2D eigenvalue weighted by atomic mass is 10.1. The fourth-order valence-electron chi connectivity index (χ4n) is 3.21. The van der Waals surface area contributed by atoms with Gasteiger partial charge in [-0.15, -0.1) is 0 Å². The standard InChI is InChI=1S/C19H29F2N4O10P/c1-4-32-14(26)9-34-36(31,24-11(16(28)29)7-10(2)3)33-8-12-15(27)19(20,21)17(35-12)25-6-5-13(22)23-18(25)30/h5-6,10-12,15,17,27H,4,7-9H2,1-3H3,(H,24,31)(H,28,29)(H2,22,23,30)/t11?,12-,15-,17-,36?/m1/s1. The number of aromatic nitrogens is 2. The summed E-state index contributed by atoms with van der Waals surface area (Å²) < 4.78 is 63.0. The topological polar surface area (TPSA) is 202 Å². The van der Waals surface area contributed by atoms with E-state index in [2.05, 4.69) is 14.8 Å². The Morgan fingerprint density at radius 1 is 1.39 bits per heavy atom. The second kappa shape index (κ2) is 12.2. The number of aliphatic hydroxyl groups excluding tert-OH is 1. The highest BCUT2D eigenvalue weighted by Gasteiger charge is 2.60. The number of nitrogens with zero attached hydrogens (tertiary/aromatic N) is 2. The third-order valence-corrected chi connectivity index (χ3v) is 6.46. The van der Waals surface area contributed by atoms with E-state index >= 15 is 0 Å². The summed E-state index contributed by atoms with van der Waals surface area (Å²) in [7, 11) is -4.66. The number of nitrogens with two attached hydrogens (primary N) is 1. The summed E-state index contributed by atoms with van der Waals surface area (Å²) in [6.07, 6.45) is -5.80. The van der Waals surface area contributed by atoms with Crippen molar-refractivity contribution in [3.63, 3.8) is 0 Å². The number of nitrogens with one attached hydrogen (secondary N) is 1. The van der Waals surface area contributed by atoms with Crippen LogP contribution in [0.25, 0.3) is 0 Å². The van der Waals surface area contributed by atoms with Crippen LogP contribution < -0.4 is 16.5 Å². The van der Waals surface area contributed by atoms with Crippen LogP contribution in [0.5, 0.6) is 0 Å². The van der Waals surface area contributed by atoms with E-state index in [9.17, 15) is 37.9 Å². The Bertz CT molecular complexity index is 1040. The molecule has 2 unspecified atom stereocenters. The van der Waals surface area contributed by atoms with Crippen molar-refractivity contribution in [2.45, 2.75) is 57.6 Å². The summed E-state index contributed by atoms with van der Waals surface area (Å²) in [5, 5.41) is 21.8. The van der Waals surface area contributed by atoms with Gasteiger partial charge in [0, 0.05) is 6.20 Å². The maximum atomic E-state index is 14.7. The first kappa shape index (κ1) is 29.7. The Balaban J connectivity index is 2.23. The maximum Gasteiger partial charge on any atom is 0.406 e. The minimum atomic E-state index is -4.66. The van der Waals surface area contributed by atoms with Gasteiger partial charge in [0.15, 0.2) is 12.7 Å². The quantitative estimate of drug-likeness (QED) is 0.199. The molecule has 5 atom stereocenters. The molecular formula is C19H29F2N4O10P. The molecule has 1 saturated heterocycles. The SMILES string of the molecule is CCOC(=O)COP(=O)(NC(CC(C)C)C(=O)O)OC[C@H]1O[C@@H](n2ccc(N)nc2=O)C(F)(F)[C@@H]1O. The Morgan fingerprint density at radius 3 is 2.61 bits per heavy atom. The predicted molar refractivity (Wildman–Crippen MR) is 118 cm³/mol. The van der Waals surface area contributed by atoms with Crippen LogP contribution in [-0.4, -0.2) is 75.7 Å². The van der Waals surface area contributed by atoms with Crippen molar-refractivity contribution in [1.29, 1.82) is 0 Å². The summed E-state index contributed by atoms with van der Waals surface area (Å²) in [5.41, 5.74) is 4.18. The Labute approximate surface area is 204 Å². The van der Waals surface area contributed by atoms with E-state index in [1.54, 1.807) is 13.8 Å². The lowest BCUT2D eigenvalue weighted by Crippen LogP contribution is -2.42. The smallest absolute Gasteiger partial charge is 0.406 e. The number of aliphatic carboxylic acids is 1. The fraction of sp³-hybridized carbons (Fsp3) is 0.684. The molecule has 1 aromatic heterocycles. The molecule has 0 saturated carbocycles. The molecule has 1 fully saturated rings. The minimum absolute atomic E-state index is 0.0240. The van der Waals surface area contributed by atoms with E-state index in [0.29, 0.717) is 4.57 Å². The van der Waals surface area contributed by atoms with E-state index in [0.717, 1.165) is 12.3 Å². The molecule has 2 rings (SSSR count). The van der Waals surface area contributed by atoms with Crippen LogP contribution in [-0.2, 0) is 32.7 Å². The van der Waals surface area contributed by atoms with Crippen molar-refractivity contribution in [2.24, 2.45) is 5.92 Å². The van der Waals surface area contributed by atoms with Crippen molar-refractivity contribution < 1.29 is 51.7 Å². The number of hydrogen-bond acceptors (Lipinski definition) is 11. The van der Waals surface area contributed by atoms with E-state index < -0.39 is 69.0 Å². The normalized spacial score (nSPS) is 23.8. The number of ether oxygens (including phenoxy) is 2. The number of alkyl halides is 2. The van der Waals surface area contributed by atoms with Gasteiger partial charge in [0.1, 0.15) is 18.0 Å². The summed E-state index contributed by atoms with van der Waals surface area (Å²) in [4.78, 5) is 38.6. The summed E-state index contributed by atoms with van der Waals surface area (Å²) in [5.74, 6) is -6.77. The molecule has 0 bridgehead atoms. The van der Waals surface area contributed by atoms with Crippen LogP contribution in [0.3, 0.4) is 0 Å². The molecule has 1 aromatic rings. The van der Waals surface area contributed by atoms with Gasteiger partial charge >= 0.3 is 31.3 Å². The number of carboxylic acids is 1. The first-order valence-corrected chi connectivity index (χ1v) is 12.4. The zero-order valence-corrected chi connectivity index (χ0v) is 20.6. The lowest BCUT2D eigenvalue weighted by Gasteiger charge is -2.25. The van der Waals surface area contributed by atoms with Gasteiger partial charge in [-0.3, -0.25) is 18.4 Å². The van der Waals surface area contributed by atoms with E-state index in [-0.39, 0.29) is 24.8 Å². The monoisotopic (exact) mass is 542 g/mol. The molecule has 17 heteroatoms. The highest BCUT2D eigenvalue weighted by molar-refractivity contribution is 7.51. The number of rotatable bonds is 13. The molecule has 5 N–H and O–H groups in total. The zero-order valence-electron chi connectivity index (χ0n) is 19.7. The lowest BCUT2D eigenvalue weighted by molar-refractivity contribution is -0.145. The maximum absolute atomic E-state index is 14.7. The van der Waals surface area contributed by atoms with Crippen LogP contribution in [0, 0.1) is 5.92 Å². The van der Waals surface area contributed by atoms with E-state index in [4.69, 9.17) is 19.5 Å². The van der Waals surface area contributed by atoms with Crippen molar-refractivity contribution in [3.8, 4) is 0 Å². The van der Waals surface area contributed by atoms with E-state index in [1.165, 1.54) is 6.92 Å². The average molecular weight is 542 g/mol. The van der Waals surface area contributed by atoms with Gasteiger partial charge in [-0.1, -0.05) is 13.8 Å². The Kier molecular flexibility index (Phi) is 10.0. The highest BCUT2D eigenvalue weighted by Crippen LogP contribution is 2.48. The largest absolute Gasteiger partial charge is 0.480 e. The number of nitrogen functional groups attached to an aromatic ring is 1. The molecule has 1 aliphatic heterocycles. The summed E-state index contributed by atoms with van der Waals surface area (Å²) in [6.45, 7) is 2.97. The Hall–Kier alpha value is -2.49. The minimum Gasteiger partial charge on any atom is -0.480 e. The second-order valence-corrected chi connectivity index (χ2v) is 9.98. The van der Waals surface area contributed by atoms with E-state index in [1.807, 2.05) is 0 Å². The van der Waals surface area contributed by atoms with Crippen LogP contribution in [0.4, 0.5) is 14.6 Å². The highest BCUT2D eigenvalue weighted by atomic mass is 31.2. The summed E-state index contributed by atoms with van der Waals surface area (Å²) in [6, 6.07) is -0.389. The number of carbonyl (C=O) groups excluding carboxylic acids is 1. The van der Waals surface area contributed by atoms with Gasteiger partial charge in [0.25, 0.3) is 0 Å². The van der Waals surface area contributed by atoms with Crippen molar-refractivity contribution >= 4 is 25.5 Å². The molecule has 0 aliphatic carbocycles. The molecule has 0 radical (unpaired) electrons. The summed E-state index contributed by atoms with van der Waals surface area (Å²) >= 11 is 0. The van der Waals surface area contributed by atoms with Crippen molar-refractivity contribution in [3.05, 3.63) is 22.7 Å². The number of halogens is 2. The Morgan fingerprint density at radius 2 is 2.06 bits per heavy atom. The number of anilines is 1.